The van der Waals surface area contributed by atoms with Crippen LogP contribution in [0.15, 0.2) is 18.2 Å². The Morgan fingerprint density at radius 2 is 2.00 bits per heavy atom. The van der Waals surface area contributed by atoms with Crippen LogP contribution >= 0.6 is 0 Å². The largest absolute Gasteiger partial charge is 0.454 e. The molecule has 1 aromatic carbocycles. The highest BCUT2D eigenvalue weighted by molar-refractivity contribution is 5.95. The Bertz CT molecular complexity index is 682. The summed E-state index contributed by atoms with van der Waals surface area (Å²) in [7, 11) is 0. The molecular weight excluding hydrogens is 312 g/mol. The normalized spacial score (nSPS) is 24.8. The zero-order chi connectivity index (χ0) is 16.7. The number of fused-ring (bicyclic) bond motifs is 1. The van der Waals surface area contributed by atoms with Crippen molar-refractivity contribution >= 4 is 11.8 Å². The molecule has 3 aliphatic rings. The number of nitrogens with zero attached hydrogens (tertiary/aromatic N) is 1. The molecule has 4 rings (SSSR count). The third-order valence-corrected chi connectivity index (χ3v) is 5.17. The quantitative estimate of drug-likeness (QED) is 0.828. The molecule has 0 saturated carbocycles. The van der Waals surface area contributed by atoms with Crippen molar-refractivity contribution in [1.29, 1.82) is 0 Å². The predicted molar refractivity (Wildman–Crippen MR) is 84.0 cm³/mol. The Kier molecular flexibility index (Phi) is 3.60. The van der Waals surface area contributed by atoms with E-state index in [0.29, 0.717) is 43.0 Å². The Hall–Kier alpha value is -2.28. The van der Waals surface area contributed by atoms with Crippen LogP contribution < -0.4 is 14.8 Å². The Morgan fingerprint density at radius 3 is 2.75 bits per heavy atom. The fraction of sp³-hybridized carbons (Fsp3) is 0.529. The first-order chi connectivity index (χ1) is 11.6. The molecule has 1 aromatic rings. The minimum absolute atomic E-state index is 0.0179. The fourth-order valence-corrected chi connectivity index (χ4v) is 3.63. The zero-order valence-corrected chi connectivity index (χ0v) is 13.5. The number of carbonyl (C=O) groups excluding carboxylic acids is 2. The van der Waals surface area contributed by atoms with Crippen LogP contribution in [-0.4, -0.2) is 54.8 Å². The highest BCUT2D eigenvalue weighted by Gasteiger charge is 2.45. The van der Waals surface area contributed by atoms with Gasteiger partial charge in [-0.3, -0.25) is 9.59 Å². The first-order valence-electron chi connectivity index (χ1n) is 8.20. The molecule has 24 heavy (non-hydrogen) atoms. The van der Waals surface area contributed by atoms with Crippen LogP contribution in [0.3, 0.4) is 0 Å². The van der Waals surface area contributed by atoms with Gasteiger partial charge in [0.25, 0.3) is 5.91 Å². The molecule has 2 amide bonds. The molecule has 2 saturated heterocycles. The monoisotopic (exact) mass is 332 g/mol. The Labute approximate surface area is 139 Å². The molecule has 128 valence electrons. The zero-order valence-electron chi connectivity index (χ0n) is 13.5. The molecule has 0 bridgehead atoms. The molecule has 3 heterocycles. The minimum Gasteiger partial charge on any atom is -0.454 e. The van der Waals surface area contributed by atoms with Gasteiger partial charge in [0.05, 0.1) is 11.6 Å². The second-order valence-electron chi connectivity index (χ2n) is 6.50. The molecule has 0 radical (unpaired) electrons. The fourth-order valence-electron chi connectivity index (χ4n) is 3.63. The number of amides is 2. The number of ether oxygens (including phenoxy) is 3. The molecule has 0 aliphatic carbocycles. The van der Waals surface area contributed by atoms with Crippen LogP contribution in [0.1, 0.15) is 30.1 Å². The highest BCUT2D eigenvalue weighted by Crippen LogP contribution is 2.35. The molecule has 7 heteroatoms. The van der Waals surface area contributed by atoms with Gasteiger partial charge in [-0.1, -0.05) is 0 Å². The Balaban J connectivity index is 1.44. The predicted octanol–water partition coefficient (Wildman–Crippen LogP) is 0.925. The van der Waals surface area contributed by atoms with Gasteiger partial charge in [-0.25, -0.2) is 0 Å². The van der Waals surface area contributed by atoms with Gasteiger partial charge in [0.15, 0.2) is 11.5 Å². The van der Waals surface area contributed by atoms with Crippen LogP contribution in [0.4, 0.5) is 0 Å². The second kappa shape index (κ2) is 5.66. The first kappa shape index (κ1) is 15.3. The van der Waals surface area contributed by atoms with Crippen molar-refractivity contribution in [3.63, 3.8) is 0 Å². The summed E-state index contributed by atoms with van der Waals surface area (Å²) in [5.41, 5.74) is 0.237. The summed E-state index contributed by atoms with van der Waals surface area (Å²) in [6.07, 6.45) is 1.43. The first-order valence-corrected chi connectivity index (χ1v) is 8.20. The number of rotatable bonds is 1. The summed E-state index contributed by atoms with van der Waals surface area (Å²) in [6, 6.07) is 5.22. The van der Waals surface area contributed by atoms with E-state index in [4.69, 9.17) is 14.2 Å². The minimum atomic E-state index is -0.362. The van der Waals surface area contributed by atoms with Gasteiger partial charge in [0.1, 0.15) is 6.61 Å². The van der Waals surface area contributed by atoms with Crippen molar-refractivity contribution in [3.05, 3.63) is 23.8 Å². The number of nitrogens with one attached hydrogen (secondary N) is 1. The lowest BCUT2D eigenvalue weighted by molar-refractivity contribution is -0.158. The number of hydrogen-bond donors (Lipinski definition) is 1. The maximum Gasteiger partial charge on any atom is 0.253 e. The summed E-state index contributed by atoms with van der Waals surface area (Å²) in [4.78, 5) is 26.0. The van der Waals surface area contributed by atoms with E-state index in [0.717, 1.165) is 0 Å². The lowest BCUT2D eigenvalue weighted by Crippen LogP contribution is -2.63. The molecule has 7 nitrogen and oxygen atoms in total. The van der Waals surface area contributed by atoms with E-state index in [-0.39, 0.29) is 36.9 Å². The maximum absolute atomic E-state index is 12.7. The summed E-state index contributed by atoms with van der Waals surface area (Å²) in [6.45, 7) is 3.47. The second-order valence-corrected chi connectivity index (χ2v) is 6.50. The number of carbonyl (C=O) groups is 2. The number of likely N-dealkylation sites (tertiary alicyclic amines) is 1. The standard InChI is InChI=1S/C17H20N2O5/c1-11-17(24-9-15(20)18-11)4-6-19(7-5-17)16(21)12-2-3-13-14(8-12)23-10-22-13/h2-3,8,11H,4-7,9-10H2,1H3,(H,18,20). The average molecular weight is 332 g/mol. The van der Waals surface area contributed by atoms with Gasteiger partial charge in [-0.15, -0.1) is 0 Å². The maximum atomic E-state index is 12.7. The summed E-state index contributed by atoms with van der Waals surface area (Å²) < 4.78 is 16.5. The number of hydrogen-bond acceptors (Lipinski definition) is 5. The topological polar surface area (TPSA) is 77.1 Å². The van der Waals surface area contributed by atoms with Gasteiger partial charge in [0.2, 0.25) is 12.7 Å². The van der Waals surface area contributed by atoms with Crippen molar-refractivity contribution in [3.8, 4) is 11.5 Å². The van der Waals surface area contributed by atoms with Crippen LogP contribution in [0.2, 0.25) is 0 Å². The van der Waals surface area contributed by atoms with Gasteiger partial charge in [-0.2, -0.15) is 0 Å². The van der Waals surface area contributed by atoms with Crippen LogP contribution in [0.5, 0.6) is 11.5 Å². The van der Waals surface area contributed by atoms with Crippen LogP contribution in [0.25, 0.3) is 0 Å². The third kappa shape index (κ3) is 2.49. The molecule has 1 N–H and O–H groups in total. The van der Waals surface area contributed by atoms with Gasteiger partial charge >= 0.3 is 0 Å². The Morgan fingerprint density at radius 1 is 1.25 bits per heavy atom. The van der Waals surface area contributed by atoms with E-state index in [2.05, 4.69) is 5.32 Å². The third-order valence-electron chi connectivity index (χ3n) is 5.17. The van der Waals surface area contributed by atoms with Crippen LogP contribution in [-0.2, 0) is 9.53 Å². The van der Waals surface area contributed by atoms with Gasteiger partial charge < -0.3 is 24.4 Å². The van der Waals surface area contributed by atoms with Crippen molar-refractivity contribution in [1.82, 2.24) is 10.2 Å². The molecule has 1 atom stereocenters. The molecular formula is C17H20N2O5. The smallest absolute Gasteiger partial charge is 0.253 e. The molecule has 0 aromatic heterocycles. The number of morpholine rings is 1. The summed E-state index contributed by atoms with van der Waals surface area (Å²) >= 11 is 0. The van der Waals surface area contributed by atoms with E-state index in [1.54, 1.807) is 18.2 Å². The van der Waals surface area contributed by atoms with E-state index in [9.17, 15) is 9.59 Å². The van der Waals surface area contributed by atoms with E-state index in [1.165, 1.54) is 0 Å². The van der Waals surface area contributed by atoms with Crippen molar-refractivity contribution in [2.45, 2.75) is 31.4 Å². The molecule has 2 fully saturated rings. The van der Waals surface area contributed by atoms with Crippen molar-refractivity contribution < 1.29 is 23.8 Å². The lowest BCUT2D eigenvalue weighted by Gasteiger charge is -2.47. The van der Waals surface area contributed by atoms with Crippen molar-refractivity contribution in [2.24, 2.45) is 0 Å². The molecule has 3 aliphatic heterocycles. The van der Waals surface area contributed by atoms with Gasteiger partial charge in [-0.05, 0) is 38.0 Å². The van der Waals surface area contributed by atoms with E-state index in [1.807, 2.05) is 11.8 Å². The summed E-state index contributed by atoms with van der Waals surface area (Å²) in [5, 5.41) is 2.95. The van der Waals surface area contributed by atoms with Gasteiger partial charge in [0, 0.05) is 18.7 Å². The molecule has 1 spiro atoms. The highest BCUT2D eigenvalue weighted by atomic mass is 16.7. The molecule has 1 unspecified atom stereocenters. The van der Waals surface area contributed by atoms with Crippen LogP contribution in [0, 0.1) is 0 Å². The summed E-state index contributed by atoms with van der Waals surface area (Å²) in [5.74, 6) is 1.19. The lowest BCUT2D eigenvalue weighted by atomic mass is 9.83. The average Bonchev–Trinajstić information content (AvgIpc) is 3.06. The number of piperidine rings is 1. The van der Waals surface area contributed by atoms with E-state index < -0.39 is 0 Å². The SMILES string of the molecule is CC1NC(=O)COC12CCN(C(=O)c1ccc3c(c1)OCO3)CC2. The van der Waals surface area contributed by atoms with Crippen molar-refractivity contribution in [2.75, 3.05) is 26.5 Å². The number of benzene rings is 1. The van der Waals surface area contributed by atoms with E-state index >= 15 is 0 Å².